The van der Waals surface area contributed by atoms with E-state index in [1.54, 1.807) is 47.4 Å². The number of para-hydroxylation sites is 1. The summed E-state index contributed by atoms with van der Waals surface area (Å²) in [6, 6.07) is 15.2. The molecule has 0 unspecified atom stereocenters. The van der Waals surface area contributed by atoms with Crippen molar-refractivity contribution in [3.05, 3.63) is 84.7 Å². The highest BCUT2D eigenvalue weighted by Gasteiger charge is 2.33. The zero-order valence-electron chi connectivity index (χ0n) is 16.2. The van der Waals surface area contributed by atoms with Crippen molar-refractivity contribution < 1.29 is 22.7 Å². The van der Waals surface area contributed by atoms with Gasteiger partial charge in [-0.3, -0.25) is 0 Å². The number of hydrogen-bond donors (Lipinski definition) is 2. The topological polar surface area (TPSA) is 94.0 Å². The Kier molecular flexibility index (Phi) is 5.71. The number of hydrogen-bond acceptors (Lipinski definition) is 5. The van der Waals surface area contributed by atoms with Gasteiger partial charge in [0.05, 0.1) is 11.3 Å². The Morgan fingerprint density at radius 1 is 0.906 bits per heavy atom. The van der Waals surface area contributed by atoms with Crippen LogP contribution in [0, 0.1) is 0 Å². The van der Waals surface area contributed by atoms with Crippen molar-refractivity contribution in [1.29, 1.82) is 0 Å². The smallest absolute Gasteiger partial charge is 0.418 e. The van der Waals surface area contributed by atoms with Crippen LogP contribution in [0.2, 0.25) is 0 Å². The van der Waals surface area contributed by atoms with Gasteiger partial charge >= 0.3 is 12.2 Å². The fourth-order valence-corrected chi connectivity index (χ4v) is 2.74. The fraction of sp³-hybridized carbons (Fsp3) is 0.0476. The van der Waals surface area contributed by atoms with Crippen LogP contribution in [0.1, 0.15) is 5.56 Å². The lowest BCUT2D eigenvalue weighted by molar-refractivity contribution is -0.136. The Labute approximate surface area is 179 Å². The van der Waals surface area contributed by atoms with Gasteiger partial charge in [0, 0.05) is 24.1 Å². The minimum atomic E-state index is -4.58. The van der Waals surface area contributed by atoms with E-state index >= 15 is 0 Å². The van der Waals surface area contributed by atoms with Crippen LogP contribution in [0.15, 0.2) is 79.1 Å². The lowest BCUT2D eigenvalue weighted by Gasteiger charge is -2.14. The van der Waals surface area contributed by atoms with Crippen LogP contribution in [0.5, 0.6) is 11.6 Å². The van der Waals surface area contributed by atoms with Gasteiger partial charge in [0.15, 0.2) is 5.82 Å². The van der Waals surface area contributed by atoms with E-state index in [1.807, 2.05) is 0 Å². The third kappa shape index (κ3) is 5.01. The highest BCUT2D eigenvalue weighted by atomic mass is 19.4. The van der Waals surface area contributed by atoms with Crippen molar-refractivity contribution in [2.45, 2.75) is 6.18 Å². The van der Waals surface area contributed by atoms with Gasteiger partial charge in [-0.05, 0) is 48.5 Å². The van der Waals surface area contributed by atoms with Crippen LogP contribution in [0.4, 0.5) is 29.3 Å². The SMILES string of the molecule is O=C(Nc1ccc(Oc2ccc(-n3cccn3)nn2)cc1)Nc1ccccc1C(F)(F)F. The summed E-state index contributed by atoms with van der Waals surface area (Å²) < 4.78 is 46.3. The van der Waals surface area contributed by atoms with E-state index in [9.17, 15) is 18.0 Å². The molecule has 2 aromatic carbocycles. The van der Waals surface area contributed by atoms with Gasteiger partial charge in [-0.25, -0.2) is 9.48 Å². The number of benzene rings is 2. The Hall–Kier alpha value is -4.41. The second-order valence-corrected chi connectivity index (χ2v) is 6.43. The van der Waals surface area contributed by atoms with Crippen LogP contribution in [0.25, 0.3) is 5.82 Å². The second-order valence-electron chi connectivity index (χ2n) is 6.43. The quantitative estimate of drug-likeness (QED) is 0.449. The zero-order valence-corrected chi connectivity index (χ0v) is 16.2. The molecule has 0 saturated heterocycles. The van der Waals surface area contributed by atoms with Crippen LogP contribution < -0.4 is 15.4 Å². The summed E-state index contributed by atoms with van der Waals surface area (Å²) in [5.41, 5.74) is -0.910. The molecule has 0 spiro atoms. The van der Waals surface area contributed by atoms with E-state index in [2.05, 4.69) is 25.9 Å². The Balaban J connectivity index is 1.36. The number of aromatic nitrogens is 4. The molecule has 0 radical (unpaired) electrons. The van der Waals surface area contributed by atoms with Gasteiger partial charge in [-0.15, -0.1) is 10.2 Å². The van der Waals surface area contributed by atoms with Gasteiger partial charge in [0.25, 0.3) is 0 Å². The zero-order chi connectivity index (χ0) is 22.6. The van der Waals surface area contributed by atoms with Crippen molar-refractivity contribution in [1.82, 2.24) is 20.0 Å². The number of carbonyl (C=O) groups is 1. The summed E-state index contributed by atoms with van der Waals surface area (Å²) in [4.78, 5) is 12.1. The maximum atomic E-state index is 13.0. The molecule has 2 N–H and O–H groups in total. The molecule has 2 amide bonds. The summed E-state index contributed by atoms with van der Waals surface area (Å²) in [6.07, 6.45) is -1.23. The molecule has 0 fully saturated rings. The number of alkyl halides is 3. The number of ether oxygens (including phenoxy) is 1. The third-order valence-corrected chi connectivity index (χ3v) is 4.18. The maximum Gasteiger partial charge on any atom is 0.418 e. The number of nitrogens with zero attached hydrogens (tertiary/aromatic N) is 4. The standard InChI is InChI=1S/C21H15F3N6O2/c22-21(23,24)16-4-1-2-5-17(16)27-20(31)26-14-6-8-15(9-7-14)32-19-11-10-18(28-29-19)30-13-3-12-25-30/h1-13H,(H2,26,27,31). The van der Waals surface area contributed by atoms with Crippen LogP contribution in [-0.2, 0) is 6.18 Å². The molecule has 11 heteroatoms. The first-order chi connectivity index (χ1) is 15.4. The molecular weight excluding hydrogens is 425 g/mol. The first-order valence-corrected chi connectivity index (χ1v) is 9.24. The molecule has 162 valence electrons. The van der Waals surface area contributed by atoms with E-state index in [1.165, 1.54) is 30.3 Å². The monoisotopic (exact) mass is 440 g/mol. The molecule has 2 aromatic heterocycles. The number of halogens is 3. The molecule has 0 aliphatic carbocycles. The summed E-state index contributed by atoms with van der Waals surface area (Å²) in [5, 5.41) is 16.7. The van der Waals surface area contributed by atoms with E-state index in [4.69, 9.17) is 4.74 Å². The van der Waals surface area contributed by atoms with Crippen LogP contribution in [0.3, 0.4) is 0 Å². The van der Waals surface area contributed by atoms with Crippen molar-refractivity contribution in [2.75, 3.05) is 10.6 Å². The molecule has 4 rings (SSSR count). The number of nitrogens with one attached hydrogen (secondary N) is 2. The second kappa shape index (κ2) is 8.76. The number of urea groups is 1. The van der Waals surface area contributed by atoms with Gasteiger partial charge in [0.1, 0.15) is 5.75 Å². The lowest BCUT2D eigenvalue weighted by Crippen LogP contribution is -2.21. The van der Waals surface area contributed by atoms with Crippen molar-refractivity contribution in [3.63, 3.8) is 0 Å². The molecule has 0 saturated carbocycles. The Morgan fingerprint density at radius 2 is 1.69 bits per heavy atom. The largest absolute Gasteiger partial charge is 0.438 e. The highest BCUT2D eigenvalue weighted by molar-refractivity contribution is 6.00. The van der Waals surface area contributed by atoms with E-state index < -0.39 is 17.8 Å². The number of anilines is 2. The molecule has 0 aliphatic heterocycles. The average molecular weight is 440 g/mol. The summed E-state index contributed by atoms with van der Waals surface area (Å²) in [6.45, 7) is 0. The predicted octanol–water partition coefficient (Wildman–Crippen LogP) is 5.12. The van der Waals surface area contributed by atoms with Crippen molar-refractivity contribution in [3.8, 4) is 17.4 Å². The molecule has 4 aromatic rings. The molecule has 32 heavy (non-hydrogen) atoms. The average Bonchev–Trinajstić information content (AvgIpc) is 3.30. The first-order valence-electron chi connectivity index (χ1n) is 9.24. The predicted molar refractivity (Wildman–Crippen MR) is 110 cm³/mol. The van der Waals surface area contributed by atoms with Crippen molar-refractivity contribution in [2.24, 2.45) is 0 Å². The van der Waals surface area contributed by atoms with Gasteiger partial charge < -0.3 is 15.4 Å². The first kappa shape index (κ1) is 20.8. The minimum Gasteiger partial charge on any atom is -0.438 e. The summed E-state index contributed by atoms with van der Waals surface area (Å²) in [5.74, 6) is 1.21. The third-order valence-electron chi connectivity index (χ3n) is 4.18. The van der Waals surface area contributed by atoms with Crippen LogP contribution >= 0.6 is 0 Å². The van der Waals surface area contributed by atoms with E-state index in [0.29, 0.717) is 17.3 Å². The molecule has 2 heterocycles. The van der Waals surface area contributed by atoms with Gasteiger partial charge in [0.2, 0.25) is 5.88 Å². The highest BCUT2D eigenvalue weighted by Crippen LogP contribution is 2.34. The molecule has 0 atom stereocenters. The molecule has 0 bridgehead atoms. The number of amides is 2. The number of rotatable bonds is 5. The Morgan fingerprint density at radius 3 is 2.34 bits per heavy atom. The minimum absolute atomic E-state index is 0.253. The maximum absolute atomic E-state index is 13.0. The van der Waals surface area contributed by atoms with Crippen LogP contribution in [-0.4, -0.2) is 26.0 Å². The molecule has 8 nitrogen and oxygen atoms in total. The molecule has 0 aliphatic rings. The van der Waals surface area contributed by atoms with Gasteiger partial charge in [-0.1, -0.05) is 12.1 Å². The fourth-order valence-electron chi connectivity index (χ4n) is 2.74. The Bertz CT molecular complexity index is 1190. The lowest BCUT2D eigenvalue weighted by atomic mass is 10.1. The summed E-state index contributed by atoms with van der Waals surface area (Å²) >= 11 is 0. The van der Waals surface area contributed by atoms with Gasteiger partial charge in [-0.2, -0.15) is 18.3 Å². The van der Waals surface area contributed by atoms with E-state index in [-0.39, 0.29) is 11.6 Å². The van der Waals surface area contributed by atoms with Crippen molar-refractivity contribution >= 4 is 17.4 Å². The summed E-state index contributed by atoms with van der Waals surface area (Å²) in [7, 11) is 0. The molecular formula is C21H15F3N6O2. The number of carbonyl (C=O) groups excluding carboxylic acids is 1. The normalized spacial score (nSPS) is 11.1. The van der Waals surface area contributed by atoms with E-state index in [0.717, 1.165) is 6.07 Å².